The van der Waals surface area contributed by atoms with Gasteiger partial charge in [-0.25, -0.2) is 8.42 Å². The largest absolute Gasteiger partial charge is 0.497 e. The number of hydrogen-bond acceptors (Lipinski definition) is 4. The van der Waals surface area contributed by atoms with Crippen LogP contribution in [0.3, 0.4) is 0 Å². The third-order valence-corrected chi connectivity index (χ3v) is 5.07. The molecule has 1 aromatic carbocycles. The summed E-state index contributed by atoms with van der Waals surface area (Å²) in [7, 11) is -1.72. The van der Waals surface area contributed by atoms with Gasteiger partial charge in [0.25, 0.3) is 0 Å². The molecule has 1 atom stereocenters. The molecule has 0 aliphatic rings. The van der Waals surface area contributed by atoms with Gasteiger partial charge in [-0.15, -0.1) is 0 Å². The molecular formula is C15H25NO3S. The predicted molar refractivity (Wildman–Crippen MR) is 82.0 cm³/mol. The summed E-state index contributed by atoms with van der Waals surface area (Å²) >= 11 is 0. The van der Waals surface area contributed by atoms with E-state index in [1.54, 1.807) is 31.4 Å². The molecule has 0 radical (unpaired) electrons. The van der Waals surface area contributed by atoms with Crippen molar-refractivity contribution in [1.82, 2.24) is 5.32 Å². The molecule has 114 valence electrons. The van der Waals surface area contributed by atoms with Crippen LogP contribution < -0.4 is 10.1 Å². The minimum absolute atomic E-state index is 0.0259. The van der Waals surface area contributed by atoms with Gasteiger partial charge in [-0.2, -0.15) is 0 Å². The predicted octanol–water partition coefficient (Wildman–Crippen LogP) is 2.49. The lowest BCUT2D eigenvalue weighted by atomic mass is 10.1. The van der Waals surface area contributed by atoms with E-state index in [2.05, 4.69) is 12.2 Å². The van der Waals surface area contributed by atoms with E-state index < -0.39 is 9.84 Å². The Hall–Kier alpha value is -1.07. The first-order chi connectivity index (χ1) is 9.40. The van der Waals surface area contributed by atoms with Gasteiger partial charge >= 0.3 is 0 Å². The van der Waals surface area contributed by atoms with E-state index in [1.807, 2.05) is 13.8 Å². The van der Waals surface area contributed by atoms with Crippen LogP contribution in [0.4, 0.5) is 0 Å². The Kier molecular flexibility index (Phi) is 6.49. The molecule has 1 aromatic rings. The molecule has 0 fully saturated rings. The Labute approximate surface area is 122 Å². The van der Waals surface area contributed by atoms with E-state index >= 15 is 0 Å². The highest BCUT2D eigenvalue weighted by Crippen LogP contribution is 2.18. The minimum Gasteiger partial charge on any atom is -0.497 e. The number of sulfone groups is 1. The second-order valence-corrected chi connectivity index (χ2v) is 7.30. The van der Waals surface area contributed by atoms with Gasteiger partial charge < -0.3 is 10.1 Å². The Balaban J connectivity index is 2.85. The summed E-state index contributed by atoms with van der Waals surface area (Å²) in [6.07, 6.45) is 0.992. The average Bonchev–Trinajstić information content (AvgIpc) is 2.43. The zero-order chi connectivity index (χ0) is 15.2. The van der Waals surface area contributed by atoms with Crippen LogP contribution in [-0.4, -0.2) is 33.9 Å². The van der Waals surface area contributed by atoms with E-state index in [4.69, 9.17) is 4.74 Å². The lowest BCUT2D eigenvalue weighted by Gasteiger charge is -2.22. The maximum absolute atomic E-state index is 12.4. The van der Waals surface area contributed by atoms with Crippen molar-refractivity contribution in [3.05, 3.63) is 24.3 Å². The molecule has 0 aromatic heterocycles. The van der Waals surface area contributed by atoms with E-state index in [0.29, 0.717) is 10.6 Å². The smallest absolute Gasteiger partial charge is 0.179 e. The molecule has 1 N–H and O–H groups in total. The van der Waals surface area contributed by atoms with Crippen molar-refractivity contribution in [2.75, 3.05) is 19.4 Å². The number of rotatable bonds is 8. The Bertz CT molecular complexity index is 494. The Morgan fingerprint density at radius 3 is 2.25 bits per heavy atom. The van der Waals surface area contributed by atoms with E-state index in [9.17, 15) is 8.42 Å². The summed E-state index contributed by atoms with van der Waals surface area (Å²) in [6, 6.07) is 6.53. The quantitative estimate of drug-likeness (QED) is 0.801. The molecule has 1 unspecified atom stereocenters. The number of benzene rings is 1. The van der Waals surface area contributed by atoms with Crippen LogP contribution in [0.5, 0.6) is 5.75 Å². The van der Waals surface area contributed by atoms with E-state index in [0.717, 1.165) is 13.0 Å². The molecule has 0 aliphatic heterocycles. The second kappa shape index (κ2) is 7.64. The highest BCUT2D eigenvalue weighted by atomic mass is 32.2. The van der Waals surface area contributed by atoms with Crippen LogP contribution in [0.25, 0.3) is 0 Å². The number of nitrogens with one attached hydrogen (secondary N) is 1. The molecule has 0 amide bonds. The first-order valence-electron chi connectivity index (χ1n) is 7.01. The SMILES string of the molecule is CCCNC(CS(=O)(=O)c1ccc(OC)cc1)C(C)C. The standard InChI is InChI=1S/C15H25NO3S/c1-5-10-16-15(12(2)3)11-20(17,18)14-8-6-13(19-4)7-9-14/h6-9,12,15-16H,5,10-11H2,1-4H3. The van der Waals surface area contributed by atoms with Crippen molar-refractivity contribution in [2.24, 2.45) is 5.92 Å². The first-order valence-corrected chi connectivity index (χ1v) is 8.66. The summed E-state index contributed by atoms with van der Waals surface area (Å²) in [5.74, 6) is 1.06. The van der Waals surface area contributed by atoms with Gasteiger partial charge in [-0.1, -0.05) is 20.8 Å². The van der Waals surface area contributed by atoms with Crippen molar-refractivity contribution in [2.45, 2.75) is 38.1 Å². The average molecular weight is 299 g/mol. The van der Waals surface area contributed by atoms with Gasteiger partial charge in [0.1, 0.15) is 5.75 Å². The lowest BCUT2D eigenvalue weighted by Crippen LogP contribution is -2.40. The number of methoxy groups -OCH3 is 1. The molecule has 0 heterocycles. The second-order valence-electron chi connectivity index (χ2n) is 5.26. The van der Waals surface area contributed by atoms with Crippen LogP contribution in [0.2, 0.25) is 0 Å². The Morgan fingerprint density at radius 1 is 1.20 bits per heavy atom. The topological polar surface area (TPSA) is 55.4 Å². The molecule has 4 nitrogen and oxygen atoms in total. The third kappa shape index (κ3) is 4.80. The summed E-state index contributed by atoms with van der Waals surface area (Å²) in [5, 5.41) is 3.31. The van der Waals surface area contributed by atoms with Crippen molar-refractivity contribution in [3.63, 3.8) is 0 Å². The summed E-state index contributed by atoms with van der Waals surface area (Å²) in [4.78, 5) is 0.349. The van der Waals surface area contributed by atoms with E-state index in [-0.39, 0.29) is 17.7 Å². The first kappa shape index (κ1) is 17.0. The van der Waals surface area contributed by atoms with Gasteiger partial charge in [0.15, 0.2) is 9.84 Å². The van der Waals surface area contributed by atoms with Gasteiger partial charge in [0, 0.05) is 6.04 Å². The molecule has 0 saturated heterocycles. The fraction of sp³-hybridized carbons (Fsp3) is 0.600. The lowest BCUT2D eigenvalue weighted by molar-refractivity contribution is 0.414. The maximum atomic E-state index is 12.4. The summed E-state index contributed by atoms with van der Waals surface area (Å²) in [6.45, 7) is 6.98. The molecular weight excluding hydrogens is 274 g/mol. The monoisotopic (exact) mass is 299 g/mol. The van der Waals surface area contributed by atoms with Crippen molar-refractivity contribution in [1.29, 1.82) is 0 Å². The Morgan fingerprint density at radius 2 is 1.80 bits per heavy atom. The molecule has 0 bridgehead atoms. The van der Waals surface area contributed by atoms with Crippen LogP contribution in [0.15, 0.2) is 29.2 Å². The van der Waals surface area contributed by atoms with Crippen LogP contribution in [0, 0.1) is 5.92 Å². The highest BCUT2D eigenvalue weighted by molar-refractivity contribution is 7.91. The van der Waals surface area contributed by atoms with Crippen molar-refractivity contribution >= 4 is 9.84 Å². The molecule has 1 rings (SSSR count). The van der Waals surface area contributed by atoms with Gasteiger partial charge in [0.2, 0.25) is 0 Å². The van der Waals surface area contributed by atoms with Gasteiger partial charge in [-0.05, 0) is 43.1 Å². The fourth-order valence-corrected chi connectivity index (χ4v) is 3.65. The van der Waals surface area contributed by atoms with E-state index in [1.165, 1.54) is 0 Å². The molecule has 5 heteroatoms. The summed E-state index contributed by atoms with van der Waals surface area (Å²) in [5.41, 5.74) is 0. The molecule has 20 heavy (non-hydrogen) atoms. The molecule has 0 saturated carbocycles. The molecule has 0 aliphatic carbocycles. The highest BCUT2D eigenvalue weighted by Gasteiger charge is 2.23. The van der Waals surface area contributed by atoms with Crippen molar-refractivity contribution in [3.8, 4) is 5.75 Å². The zero-order valence-corrected chi connectivity index (χ0v) is 13.5. The third-order valence-electron chi connectivity index (χ3n) is 3.28. The fourth-order valence-electron chi connectivity index (χ4n) is 1.93. The normalized spacial score (nSPS) is 13.4. The summed E-state index contributed by atoms with van der Waals surface area (Å²) < 4.78 is 29.9. The van der Waals surface area contributed by atoms with Crippen LogP contribution in [-0.2, 0) is 9.84 Å². The number of ether oxygens (including phenoxy) is 1. The van der Waals surface area contributed by atoms with Gasteiger partial charge in [0.05, 0.1) is 17.8 Å². The zero-order valence-electron chi connectivity index (χ0n) is 12.7. The van der Waals surface area contributed by atoms with Crippen molar-refractivity contribution < 1.29 is 13.2 Å². The number of hydrogen-bond donors (Lipinski definition) is 1. The minimum atomic E-state index is -3.28. The van der Waals surface area contributed by atoms with Gasteiger partial charge in [-0.3, -0.25) is 0 Å². The van der Waals surface area contributed by atoms with Crippen LogP contribution >= 0.6 is 0 Å². The maximum Gasteiger partial charge on any atom is 0.179 e. The molecule has 0 spiro atoms. The van der Waals surface area contributed by atoms with Crippen LogP contribution in [0.1, 0.15) is 27.2 Å².